The molecule has 114 valence electrons. The molecule has 1 saturated heterocycles. The molecule has 1 unspecified atom stereocenters. The van der Waals surface area contributed by atoms with Gasteiger partial charge in [0.1, 0.15) is 6.04 Å². The van der Waals surface area contributed by atoms with Crippen LogP contribution in [-0.2, 0) is 19.6 Å². The van der Waals surface area contributed by atoms with E-state index in [1.54, 1.807) is 0 Å². The highest BCUT2D eigenvalue weighted by Crippen LogP contribution is 2.25. The molecule has 8 nitrogen and oxygen atoms in total. The van der Waals surface area contributed by atoms with Gasteiger partial charge < -0.3 is 9.84 Å². The molecule has 0 bridgehead atoms. The van der Waals surface area contributed by atoms with Gasteiger partial charge >= 0.3 is 11.9 Å². The summed E-state index contributed by atoms with van der Waals surface area (Å²) in [5, 5.41) is 8.49. The van der Waals surface area contributed by atoms with Crippen molar-refractivity contribution in [2.45, 2.75) is 23.9 Å². The third-order valence-corrected chi connectivity index (χ3v) is 5.06. The second-order valence-electron chi connectivity index (χ2n) is 4.49. The van der Waals surface area contributed by atoms with E-state index in [0.717, 1.165) is 22.6 Å². The van der Waals surface area contributed by atoms with Crippen molar-refractivity contribution >= 4 is 22.0 Å². The summed E-state index contributed by atoms with van der Waals surface area (Å²) in [6, 6.07) is 1.41. The number of ether oxygens (including phenoxy) is 1. The number of carbonyl (C=O) groups excluding carboxylic acids is 1. The van der Waals surface area contributed by atoms with Crippen molar-refractivity contribution in [3.8, 4) is 0 Å². The fourth-order valence-corrected chi connectivity index (χ4v) is 3.74. The number of aromatic nitrogens is 1. The molecule has 1 N–H and O–H groups in total. The van der Waals surface area contributed by atoms with Crippen LogP contribution in [0.15, 0.2) is 23.4 Å². The number of carboxylic acid groups (broad SMARTS) is 1. The third kappa shape index (κ3) is 2.88. The lowest BCUT2D eigenvalue weighted by molar-refractivity contribution is -0.144. The van der Waals surface area contributed by atoms with Gasteiger partial charge in [-0.3, -0.25) is 4.79 Å². The van der Waals surface area contributed by atoms with Gasteiger partial charge in [-0.05, 0) is 25.0 Å². The maximum atomic E-state index is 12.5. The van der Waals surface area contributed by atoms with E-state index < -0.39 is 28.0 Å². The summed E-state index contributed by atoms with van der Waals surface area (Å²) in [6.45, 7) is 0.199. The van der Waals surface area contributed by atoms with Gasteiger partial charge in [0.2, 0.25) is 0 Å². The van der Waals surface area contributed by atoms with Gasteiger partial charge in [0.25, 0.3) is 10.0 Å². The van der Waals surface area contributed by atoms with E-state index in [1.165, 1.54) is 7.11 Å². The van der Waals surface area contributed by atoms with Crippen molar-refractivity contribution in [2.24, 2.45) is 0 Å². The van der Waals surface area contributed by atoms with Gasteiger partial charge in [0.15, 0.2) is 5.03 Å². The average Bonchev–Trinajstić information content (AvgIpc) is 2.96. The Balaban J connectivity index is 2.32. The first-order chi connectivity index (χ1) is 9.87. The topological polar surface area (TPSA) is 114 Å². The highest BCUT2D eigenvalue weighted by Gasteiger charge is 2.40. The minimum absolute atomic E-state index is 0.111. The van der Waals surface area contributed by atoms with E-state index in [1.807, 2.05) is 0 Å². The highest BCUT2D eigenvalue weighted by molar-refractivity contribution is 7.89. The number of nitrogens with zero attached hydrogens (tertiary/aromatic N) is 2. The van der Waals surface area contributed by atoms with Crippen LogP contribution in [0.5, 0.6) is 0 Å². The standard InChI is InChI=1S/C12H14N2O6S/c1-20-12(17)9-3-2-6-14(9)21(18,19)10-5-4-8(7-13-10)11(15)16/h4-5,7,9H,2-3,6H2,1H3,(H,15,16). The van der Waals surface area contributed by atoms with Crippen LogP contribution < -0.4 is 0 Å². The zero-order chi connectivity index (χ0) is 15.6. The van der Waals surface area contributed by atoms with E-state index in [0.29, 0.717) is 12.8 Å². The zero-order valence-electron chi connectivity index (χ0n) is 11.2. The van der Waals surface area contributed by atoms with Gasteiger partial charge in [-0.2, -0.15) is 4.31 Å². The van der Waals surface area contributed by atoms with Crippen LogP contribution in [0.1, 0.15) is 23.2 Å². The number of rotatable bonds is 4. The molecule has 1 aliphatic heterocycles. The predicted molar refractivity (Wildman–Crippen MR) is 70.1 cm³/mol. The molecule has 1 aromatic rings. The van der Waals surface area contributed by atoms with Crippen molar-refractivity contribution in [2.75, 3.05) is 13.7 Å². The normalized spacial score (nSPS) is 19.4. The number of sulfonamides is 1. The fraction of sp³-hybridized carbons (Fsp3) is 0.417. The average molecular weight is 314 g/mol. The maximum absolute atomic E-state index is 12.5. The van der Waals surface area contributed by atoms with Gasteiger partial charge in [0, 0.05) is 12.7 Å². The molecule has 1 aliphatic rings. The van der Waals surface area contributed by atoms with Crippen LogP contribution in [0, 0.1) is 0 Å². The summed E-state index contributed by atoms with van der Waals surface area (Å²) in [5.74, 6) is -1.81. The molecule has 21 heavy (non-hydrogen) atoms. The van der Waals surface area contributed by atoms with Crippen molar-refractivity contribution in [1.82, 2.24) is 9.29 Å². The number of methoxy groups -OCH3 is 1. The quantitative estimate of drug-likeness (QED) is 0.784. The van der Waals surface area contributed by atoms with Gasteiger partial charge in [-0.25, -0.2) is 18.2 Å². The molecule has 0 amide bonds. The van der Waals surface area contributed by atoms with E-state index in [9.17, 15) is 18.0 Å². The zero-order valence-corrected chi connectivity index (χ0v) is 12.0. The molecule has 0 aliphatic carbocycles. The minimum atomic E-state index is -3.96. The van der Waals surface area contributed by atoms with Crippen molar-refractivity contribution < 1.29 is 27.9 Å². The predicted octanol–water partition coefficient (Wildman–Crippen LogP) is 0.106. The summed E-state index contributed by atoms with van der Waals surface area (Å²) in [7, 11) is -2.76. The summed E-state index contributed by atoms with van der Waals surface area (Å²) < 4.78 is 30.6. The first-order valence-electron chi connectivity index (χ1n) is 6.17. The maximum Gasteiger partial charge on any atom is 0.337 e. The van der Waals surface area contributed by atoms with Crippen LogP contribution in [0.4, 0.5) is 0 Å². The molecule has 1 aromatic heterocycles. The Hall–Kier alpha value is -2.00. The van der Waals surface area contributed by atoms with Crippen LogP contribution in [-0.4, -0.2) is 54.4 Å². The fourth-order valence-electron chi connectivity index (χ4n) is 2.18. The molecule has 1 fully saturated rings. The summed E-state index contributed by atoms with van der Waals surface area (Å²) in [6.07, 6.45) is 1.91. The van der Waals surface area contributed by atoms with E-state index in [2.05, 4.69) is 9.72 Å². The largest absolute Gasteiger partial charge is 0.478 e. The van der Waals surface area contributed by atoms with Crippen molar-refractivity contribution in [1.29, 1.82) is 0 Å². The minimum Gasteiger partial charge on any atom is -0.478 e. The van der Waals surface area contributed by atoms with E-state index in [-0.39, 0.29) is 17.1 Å². The SMILES string of the molecule is COC(=O)C1CCCN1S(=O)(=O)c1ccc(C(=O)O)cn1. The smallest absolute Gasteiger partial charge is 0.337 e. The molecule has 9 heteroatoms. The van der Waals surface area contributed by atoms with Crippen LogP contribution in [0.3, 0.4) is 0 Å². The summed E-state index contributed by atoms with van der Waals surface area (Å²) >= 11 is 0. The molecule has 2 heterocycles. The van der Waals surface area contributed by atoms with Gasteiger partial charge in [0.05, 0.1) is 12.7 Å². The Kier molecular flexibility index (Phi) is 4.24. The number of aromatic carboxylic acids is 1. The van der Waals surface area contributed by atoms with Crippen LogP contribution in [0.25, 0.3) is 0 Å². The lowest BCUT2D eigenvalue weighted by Gasteiger charge is -2.21. The number of carboxylic acids is 1. The lowest BCUT2D eigenvalue weighted by atomic mass is 10.2. The van der Waals surface area contributed by atoms with Gasteiger partial charge in [-0.1, -0.05) is 0 Å². The Morgan fingerprint density at radius 2 is 2.14 bits per heavy atom. The number of esters is 1. The lowest BCUT2D eigenvalue weighted by Crippen LogP contribution is -2.41. The second-order valence-corrected chi connectivity index (χ2v) is 6.32. The second kappa shape index (κ2) is 5.78. The van der Waals surface area contributed by atoms with Crippen molar-refractivity contribution in [3.05, 3.63) is 23.9 Å². The number of carbonyl (C=O) groups is 2. The number of hydrogen-bond acceptors (Lipinski definition) is 6. The number of hydrogen-bond donors (Lipinski definition) is 1. The van der Waals surface area contributed by atoms with E-state index in [4.69, 9.17) is 5.11 Å². The third-order valence-electron chi connectivity index (χ3n) is 3.23. The first-order valence-corrected chi connectivity index (χ1v) is 7.61. The van der Waals surface area contributed by atoms with Crippen molar-refractivity contribution in [3.63, 3.8) is 0 Å². The summed E-state index contributed by atoms with van der Waals surface area (Å²) in [4.78, 5) is 26.0. The number of pyridine rings is 1. The van der Waals surface area contributed by atoms with Gasteiger partial charge in [-0.15, -0.1) is 0 Å². The molecule has 0 saturated carbocycles. The monoisotopic (exact) mass is 314 g/mol. The Morgan fingerprint density at radius 1 is 1.43 bits per heavy atom. The molecule has 1 atom stereocenters. The highest BCUT2D eigenvalue weighted by atomic mass is 32.2. The molecule has 0 spiro atoms. The Morgan fingerprint density at radius 3 is 2.67 bits per heavy atom. The Labute approximate surface area is 121 Å². The first kappa shape index (κ1) is 15.4. The van der Waals surface area contributed by atoms with Crippen LogP contribution >= 0.6 is 0 Å². The molecule has 0 aromatic carbocycles. The molecule has 2 rings (SSSR count). The summed E-state index contributed by atoms with van der Waals surface area (Å²) in [5.41, 5.74) is -0.111. The molecular formula is C12H14N2O6S. The molecule has 0 radical (unpaired) electrons. The Bertz CT molecular complexity index is 655. The van der Waals surface area contributed by atoms with Crippen LogP contribution in [0.2, 0.25) is 0 Å². The molecular weight excluding hydrogens is 300 g/mol. The van der Waals surface area contributed by atoms with E-state index >= 15 is 0 Å².